The van der Waals surface area contributed by atoms with Gasteiger partial charge in [0, 0.05) is 0 Å². The average molecular weight is 96.1 g/mol. The van der Waals surface area contributed by atoms with E-state index >= 15 is 0 Å². The first-order valence-corrected chi connectivity index (χ1v) is 2.08. The third-order valence-electron chi connectivity index (χ3n) is 0.612. The molecular weight excluding hydrogens is 90.1 g/mol. The molecule has 1 aliphatic heterocycles. The minimum Gasteiger partial charge on any atom is -0.481 e. The first-order chi connectivity index (χ1) is 3.50. The van der Waals surface area contributed by atoms with Gasteiger partial charge in [-0.25, -0.2) is 0 Å². The molecule has 0 aromatic rings. The highest BCUT2D eigenvalue weighted by atomic mass is 16.5. The van der Waals surface area contributed by atoms with Gasteiger partial charge in [0.15, 0.2) is 6.73 Å². The molecule has 0 aromatic heterocycles. The SMILES string of the molecule is [C]1=CC=COCN1. The summed E-state index contributed by atoms with van der Waals surface area (Å²) >= 11 is 0. The Morgan fingerprint density at radius 3 is 3.71 bits per heavy atom. The Morgan fingerprint density at radius 2 is 2.71 bits per heavy atom. The van der Waals surface area contributed by atoms with Crippen molar-refractivity contribution in [2.75, 3.05) is 6.73 Å². The third-order valence-corrected chi connectivity index (χ3v) is 0.612. The highest BCUT2D eigenvalue weighted by Gasteiger charge is 1.77. The number of nitrogens with one attached hydrogen (secondary N) is 1. The number of rotatable bonds is 0. The molecule has 0 fully saturated rings. The fourth-order valence-electron chi connectivity index (χ4n) is 0.333. The van der Waals surface area contributed by atoms with Gasteiger partial charge in [0.25, 0.3) is 0 Å². The molecule has 1 aliphatic rings. The molecule has 1 radical (unpaired) electrons. The van der Waals surface area contributed by atoms with Gasteiger partial charge in [0.1, 0.15) is 0 Å². The molecule has 2 heteroatoms. The van der Waals surface area contributed by atoms with Crippen LogP contribution in [0.1, 0.15) is 0 Å². The molecule has 7 heavy (non-hydrogen) atoms. The molecular formula is C5H6NO. The van der Waals surface area contributed by atoms with Gasteiger partial charge in [-0.2, -0.15) is 0 Å². The van der Waals surface area contributed by atoms with Crippen LogP contribution in [0.4, 0.5) is 0 Å². The topological polar surface area (TPSA) is 21.3 Å². The molecule has 1 N–H and O–H groups in total. The standard InChI is InChI=1S/C5H6NO/c1-2-4-7-5-6-3-1/h1-2,4,6H,5H2. The van der Waals surface area contributed by atoms with E-state index in [0.29, 0.717) is 6.73 Å². The van der Waals surface area contributed by atoms with Crippen LogP contribution in [-0.4, -0.2) is 6.73 Å². The predicted octanol–water partition coefficient (Wildman–Crippen LogP) is 0.394. The minimum atomic E-state index is 0.521. The zero-order chi connectivity index (χ0) is 4.95. The molecule has 1 heterocycles. The van der Waals surface area contributed by atoms with Crippen molar-refractivity contribution < 1.29 is 4.74 Å². The van der Waals surface area contributed by atoms with Crippen LogP contribution in [0.5, 0.6) is 0 Å². The van der Waals surface area contributed by atoms with Gasteiger partial charge in [-0.15, -0.1) is 0 Å². The Morgan fingerprint density at radius 1 is 1.71 bits per heavy atom. The fourth-order valence-corrected chi connectivity index (χ4v) is 0.333. The molecule has 0 saturated carbocycles. The lowest BCUT2D eigenvalue weighted by Gasteiger charge is -1.93. The fraction of sp³-hybridized carbons (Fsp3) is 0.200. The normalized spacial score (nSPS) is 17.1. The van der Waals surface area contributed by atoms with Crippen LogP contribution in [0.3, 0.4) is 0 Å². The van der Waals surface area contributed by atoms with E-state index in [9.17, 15) is 0 Å². The highest BCUT2D eigenvalue weighted by Crippen LogP contribution is 1.80. The Balaban J connectivity index is 2.39. The minimum absolute atomic E-state index is 0.521. The molecule has 0 aromatic carbocycles. The summed E-state index contributed by atoms with van der Waals surface area (Å²) in [4.78, 5) is 0. The second-order valence-corrected chi connectivity index (χ2v) is 1.13. The molecule has 0 spiro atoms. The number of hydrogen-bond donors (Lipinski definition) is 1. The maximum absolute atomic E-state index is 4.81. The lowest BCUT2D eigenvalue weighted by Crippen LogP contribution is -2.06. The van der Waals surface area contributed by atoms with Crippen LogP contribution in [0.15, 0.2) is 18.4 Å². The summed E-state index contributed by atoms with van der Waals surface area (Å²) in [7, 11) is 0. The van der Waals surface area contributed by atoms with E-state index in [1.807, 2.05) is 0 Å². The quantitative estimate of drug-likeness (QED) is 0.471. The number of allylic oxidation sites excluding steroid dienone is 2. The Kier molecular flexibility index (Phi) is 1.39. The van der Waals surface area contributed by atoms with Crippen molar-refractivity contribution >= 4 is 0 Å². The van der Waals surface area contributed by atoms with Crippen LogP contribution >= 0.6 is 0 Å². The molecule has 0 amide bonds. The molecule has 0 atom stereocenters. The van der Waals surface area contributed by atoms with E-state index in [4.69, 9.17) is 4.74 Å². The smallest absolute Gasteiger partial charge is 0.158 e. The van der Waals surface area contributed by atoms with E-state index in [1.165, 1.54) is 0 Å². The maximum Gasteiger partial charge on any atom is 0.158 e. The first kappa shape index (κ1) is 4.24. The first-order valence-electron chi connectivity index (χ1n) is 2.08. The predicted molar refractivity (Wildman–Crippen MR) is 26.0 cm³/mol. The largest absolute Gasteiger partial charge is 0.481 e. The molecule has 2 nitrogen and oxygen atoms in total. The summed E-state index contributed by atoms with van der Waals surface area (Å²) in [6.45, 7) is 0.521. The zero-order valence-electron chi connectivity index (χ0n) is 3.85. The van der Waals surface area contributed by atoms with Gasteiger partial charge in [0.05, 0.1) is 12.5 Å². The molecule has 0 unspecified atom stereocenters. The van der Waals surface area contributed by atoms with Crippen molar-refractivity contribution in [2.24, 2.45) is 0 Å². The van der Waals surface area contributed by atoms with E-state index < -0.39 is 0 Å². The highest BCUT2D eigenvalue weighted by molar-refractivity contribution is 4.95. The van der Waals surface area contributed by atoms with E-state index in [0.717, 1.165) is 0 Å². The summed E-state index contributed by atoms with van der Waals surface area (Å²) in [6, 6.07) is 0. The Labute approximate surface area is 42.5 Å². The van der Waals surface area contributed by atoms with Gasteiger partial charge >= 0.3 is 0 Å². The van der Waals surface area contributed by atoms with Gasteiger partial charge in [0.2, 0.25) is 0 Å². The summed E-state index contributed by atoms with van der Waals surface area (Å²) < 4.78 is 4.81. The average Bonchev–Trinajstić information content (AvgIpc) is 1.90. The van der Waals surface area contributed by atoms with Crippen LogP contribution in [0, 0.1) is 6.20 Å². The van der Waals surface area contributed by atoms with Crippen molar-refractivity contribution in [2.45, 2.75) is 0 Å². The maximum atomic E-state index is 4.81. The Bertz CT molecular complexity index is 84.3. The molecule has 0 aliphatic carbocycles. The third kappa shape index (κ3) is 1.30. The van der Waals surface area contributed by atoms with Gasteiger partial charge in [-0.1, -0.05) is 0 Å². The zero-order valence-corrected chi connectivity index (χ0v) is 3.85. The number of ether oxygens (including phenoxy) is 1. The molecule has 37 valence electrons. The van der Waals surface area contributed by atoms with Gasteiger partial charge < -0.3 is 10.1 Å². The summed E-state index contributed by atoms with van der Waals surface area (Å²) in [5.74, 6) is 0. The summed E-state index contributed by atoms with van der Waals surface area (Å²) in [5, 5.41) is 2.76. The van der Waals surface area contributed by atoms with Crippen molar-refractivity contribution in [3.63, 3.8) is 0 Å². The summed E-state index contributed by atoms with van der Waals surface area (Å²) in [5.41, 5.74) is 0. The molecule has 0 bridgehead atoms. The van der Waals surface area contributed by atoms with Crippen LogP contribution in [0.25, 0.3) is 0 Å². The van der Waals surface area contributed by atoms with Gasteiger partial charge in [-0.3, -0.25) is 0 Å². The van der Waals surface area contributed by atoms with E-state index in [-0.39, 0.29) is 0 Å². The Hall–Kier alpha value is -0.920. The van der Waals surface area contributed by atoms with Crippen molar-refractivity contribution in [3.8, 4) is 0 Å². The number of hydrogen-bond acceptors (Lipinski definition) is 2. The van der Waals surface area contributed by atoms with Crippen molar-refractivity contribution in [1.29, 1.82) is 0 Å². The second-order valence-electron chi connectivity index (χ2n) is 1.13. The van der Waals surface area contributed by atoms with E-state index in [2.05, 4.69) is 11.5 Å². The lowest BCUT2D eigenvalue weighted by atomic mass is 10.6. The molecule has 0 saturated heterocycles. The molecule has 1 rings (SSSR count). The van der Waals surface area contributed by atoms with Crippen molar-refractivity contribution in [3.05, 3.63) is 24.6 Å². The van der Waals surface area contributed by atoms with Crippen molar-refractivity contribution in [1.82, 2.24) is 5.32 Å². The van der Waals surface area contributed by atoms with Crippen LogP contribution in [-0.2, 0) is 4.74 Å². The van der Waals surface area contributed by atoms with E-state index in [1.54, 1.807) is 18.4 Å². The summed E-state index contributed by atoms with van der Waals surface area (Å²) in [6.07, 6.45) is 7.91. The van der Waals surface area contributed by atoms with Gasteiger partial charge in [-0.05, 0) is 12.2 Å². The monoisotopic (exact) mass is 96.0 g/mol. The van der Waals surface area contributed by atoms with Crippen LogP contribution in [0.2, 0.25) is 0 Å². The lowest BCUT2D eigenvalue weighted by molar-refractivity contribution is 0.237. The van der Waals surface area contributed by atoms with Crippen LogP contribution < -0.4 is 5.32 Å². The second kappa shape index (κ2) is 2.29.